The number of aromatic amines is 1. The fourth-order valence-corrected chi connectivity index (χ4v) is 5.11. The Morgan fingerprint density at radius 1 is 1.15 bits per heavy atom. The minimum Gasteiger partial charge on any atom is -0.497 e. The van der Waals surface area contributed by atoms with Crippen LogP contribution in [0.5, 0.6) is 11.5 Å². The summed E-state index contributed by atoms with van der Waals surface area (Å²) in [4.78, 5) is 12.2. The van der Waals surface area contributed by atoms with Crippen molar-refractivity contribution in [1.82, 2.24) is 25.1 Å². The molecule has 0 spiro atoms. The van der Waals surface area contributed by atoms with E-state index >= 15 is 0 Å². The van der Waals surface area contributed by atoms with Crippen molar-refractivity contribution in [2.45, 2.75) is 17.4 Å². The van der Waals surface area contributed by atoms with E-state index in [9.17, 15) is 0 Å². The lowest BCUT2D eigenvalue weighted by atomic mass is 9.95. The van der Waals surface area contributed by atoms with Gasteiger partial charge >= 0.3 is 0 Å². The Morgan fingerprint density at radius 2 is 2.06 bits per heavy atom. The highest BCUT2D eigenvalue weighted by molar-refractivity contribution is 7.99. The Kier molecular flexibility index (Phi) is 6.20. The number of fused-ring (bicyclic) bond motifs is 2. The summed E-state index contributed by atoms with van der Waals surface area (Å²) in [6.45, 7) is 1.55. The maximum absolute atomic E-state index is 6.06. The summed E-state index contributed by atoms with van der Waals surface area (Å²) >= 11 is 1.78. The van der Waals surface area contributed by atoms with Crippen LogP contribution in [0.3, 0.4) is 0 Å². The number of nitrogens with one attached hydrogen (secondary N) is 1. The van der Waals surface area contributed by atoms with Gasteiger partial charge in [-0.15, -0.1) is 11.8 Å². The zero-order valence-corrected chi connectivity index (χ0v) is 19.9. The molecule has 7 nitrogen and oxygen atoms in total. The summed E-state index contributed by atoms with van der Waals surface area (Å²) in [7, 11) is 5.86. The van der Waals surface area contributed by atoms with Gasteiger partial charge in [-0.05, 0) is 62.0 Å². The fraction of sp³-hybridized carbons (Fsp3) is 0.320. The number of nitrogens with zero attached hydrogens (tertiary/aromatic N) is 4. The van der Waals surface area contributed by atoms with Crippen molar-refractivity contribution in [1.29, 1.82) is 0 Å². The minimum atomic E-state index is 0.0933. The SMILES string of the molecule is COc1ccc2c(c1)C[C@@H](c1nc(SCCN(C)C)c3cc(-c4cn[nH]c4)ccc3n1)CO2. The molecule has 0 radical (unpaired) electrons. The molecular weight excluding hydrogens is 434 g/mol. The molecule has 4 aromatic rings. The molecule has 8 heteroatoms. The standard InChI is InChI=1S/C25H27N5O2S/c1-30(2)8-9-33-25-21-12-16(19-13-26-27-14-19)4-6-22(21)28-24(29-25)18-10-17-11-20(31-3)5-7-23(17)32-15-18/h4-7,11-14,18H,8-10,15H2,1-3H3,(H,26,27)/t18-/m1/s1. The molecule has 0 saturated carbocycles. The molecule has 5 rings (SSSR count). The largest absolute Gasteiger partial charge is 0.497 e. The van der Waals surface area contributed by atoms with E-state index in [1.54, 1.807) is 18.9 Å². The zero-order valence-electron chi connectivity index (χ0n) is 19.0. The van der Waals surface area contributed by atoms with E-state index < -0.39 is 0 Å². The van der Waals surface area contributed by atoms with E-state index in [1.807, 2.05) is 30.6 Å². The zero-order chi connectivity index (χ0) is 22.8. The lowest BCUT2D eigenvalue weighted by Gasteiger charge is -2.25. The average Bonchev–Trinajstić information content (AvgIpc) is 3.37. The molecule has 1 N–H and O–H groups in total. The second kappa shape index (κ2) is 9.41. The third-order valence-electron chi connectivity index (χ3n) is 5.83. The number of benzene rings is 2. The smallest absolute Gasteiger partial charge is 0.137 e. The van der Waals surface area contributed by atoms with E-state index in [0.717, 1.165) is 68.7 Å². The summed E-state index contributed by atoms with van der Waals surface area (Å²) in [6.07, 6.45) is 4.56. The molecule has 0 saturated heterocycles. The number of methoxy groups -OCH3 is 1. The highest BCUT2D eigenvalue weighted by Crippen LogP contribution is 2.36. The van der Waals surface area contributed by atoms with Gasteiger partial charge in [-0.1, -0.05) is 6.07 Å². The molecule has 1 aliphatic heterocycles. The van der Waals surface area contributed by atoms with Gasteiger partial charge in [-0.25, -0.2) is 9.97 Å². The summed E-state index contributed by atoms with van der Waals surface area (Å²) in [6, 6.07) is 12.3. The van der Waals surface area contributed by atoms with Crippen LogP contribution in [-0.2, 0) is 6.42 Å². The van der Waals surface area contributed by atoms with Crippen molar-refractivity contribution < 1.29 is 9.47 Å². The van der Waals surface area contributed by atoms with Crippen LogP contribution in [0.2, 0.25) is 0 Å². The van der Waals surface area contributed by atoms with Crippen LogP contribution >= 0.6 is 11.8 Å². The van der Waals surface area contributed by atoms with Gasteiger partial charge in [0.15, 0.2) is 0 Å². The van der Waals surface area contributed by atoms with Crippen molar-refractivity contribution in [3.63, 3.8) is 0 Å². The molecular formula is C25H27N5O2S. The Balaban J connectivity index is 1.51. The number of H-pyrrole nitrogens is 1. The first-order chi connectivity index (χ1) is 16.1. The fourth-order valence-electron chi connectivity index (χ4n) is 3.99. The lowest BCUT2D eigenvalue weighted by molar-refractivity contribution is 0.256. The molecule has 3 heterocycles. The molecule has 0 amide bonds. The van der Waals surface area contributed by atoms with Crippen molar-refractivity contribution in [2.75, 3.05) is 40.1 Å². The molecule has 170 valence electrons. The van der Waals surface area contributed by atoms with Gasteiger partial charge in [0.2, 0.25) is 0 Å². The summed E-state index contributed by atoms with van der Waals surface area (Å²) in [5, 5.41) is 9.06. The third kappa shape index (κ3) is 4.67. The predicted molar refractivity (Wildman–Crippen MR) is 131 cm³/mol. The van der Waals surface area contributed by atoms with Crippen molar-refractivity contribution >= 4 is 22.7 Å². The first kappa shape index (κ1) is 21.7. The second-order valence-corrected chi connectivity index (χ2v) is 9.53. The van der Waals surface area contributed by atoms with Crippen LogP contribution in [-0.4, -0.2) is 65.2 Å². The summed E-state index contributed by atoms with van der Waals surface area (Å²) in [5.41, 5.74) is 4.24. The molecule has 2 aromatic carbocycles. The van der Waals surface area contributed by atoms with Gasteiger partial charge in [0.05, 0.1) is 31.3 Å². The van der Waals surface area contributed by atoms with Crippen LogP contribution in [0.4, 0.5) is 0 Å². The third-order valence-corrected chi connectivity index (χ3v) is 6.80. The normalized spacial score (nSPS) is 15.5. The number of hydrogen-bond acceptors (Lipinski definition) is 7. The molecule has 1 atom stereocenters. The molecule has 2 aromatic heterocycles. The topological polar surface area (TPSA) is 76.2 Å². The van der Waals surface area contributed by atoms with Gasteiger partial charge in [0.25, 0.3) is 0 Å². The Bertz CT molecular complexity index is 1260. The van der Waals surface area contributed by atoms with Crippen LogP contribution in [0.1, 0.15) is 17.3 Å². The Labute approximate surface area is 197 Å². The lowest BCUT2D eigenvalue weighted by Crippen LogP contribution is -2.21. The average molecular weight is 462 g/mol. The predicted octanol–water partition coefficient (Wildman–Crippen LogP) is 4.40. The van der Waals surface area contributed by atoms with E-state index in [1.165, 1.54) is 0 Å². The maximum Gasteiger partial charge on any atom is 0.137 e. The van der Waals surface area contributed by atoms with Crippen molar-refractivity contribution in [3.8, 4) is 22.6 Å². The number of thioether (sulfide) groups is 1. The molecule has 1 aliphatic rings. The van der Waals surface area contributed by atoms with Crippen molar-refractivity contribution in [3.05, 3.63) is 60.2 Å². The van der Waals surface area contributed by atoms with Crippen LogP contribution in [0.15, 0.2) is 53.8 Å². The minimum absolute atomic E-state index is 0.0933. The summed E-state index contributed by atoms with van der Waals surface area (Å²) < 4.78 is 11.5. The van der Waals surface area contributed by atoms with Crippen LogP contribution < -0.4 is 9.47 Å². The van der Waals surface area contributed by atoms with E-state index in [0.29, 0.717) is 6.61 Å². The highest BCUT2D eigenvalue weighted by Gasteiger charge is 2.25. The monoisotopic (exact) mass is 461 g/mol. The van der Waals surface area contributed by atoms with E-state index in [2.05, 4.69) is 47.4 Å². The molecule has 33 heavy (non-hydrogen) atoms. The Hall–Kier alpha value is -3.10. The van der Waals surface area contributed by atoms with Gasteiger partial charge in [0, 0.05) is 29.4 Å². The Morgan fingerprint density at radius 3 is 2.85 bits per heavy atom. The molecule has 0 unspecified atom stereocenters. The van der Waals surface area contributed by atoms with E-state index in [-0.39, 0.29) is 5.92 Å². The number of ether oxygens (including phenoxy) is 2. The second-order valence-electron chi connectivity index (χ2n) is 8.44. The highest BCUT2D eigenvalue weighted by atomic mass is 32.2. The molecule has 0 fully saturated rings. The first-order valence-corrected chi connectivity index (χ1v) is 12.0. The first-order valence-electron chi connectivity index (χ1n) is 11.0. The maximum atomic E-state index is 6.06. The van der Waals surface area contributed by atoms with Crippen LogP contribution in [0, 0.1) is 0 Å². The molecule has 0 aliphatic carbocycles. The summed E-state index contributed by atoms with van der Waals surface area (Å²) in [5.74, 6) is 3.63. The number of aromatic nitrogens is 4. The van der Waals surface area contributed by atoms with Crippen molar-refractivity contribution in [2.24, 2.45) is 0 Å². The quantitative estimate of drug-likeness (QED) is 0.323. The van der Waals surface area contributed by atoms with Crippen LogP contribution in [0.25, 0.3) is 22.0 Å². The van der Waals surface area contributed by atoms with Gasteiger partial charge < -0.3 is 14.4 Å². The van der Waals surface area contributed by atoms with E-state index in [4.69, 9.17) is 19.4 Å². The molecule has 0 bridgehead atoms. The van der Waals surface area contributed by atoms with Gasteiger partial charge in [-0.3, -0.25) is 5.10 Å². The number of rotatable bonds is 7. The number of hydrogen-bond donors (Lipinski definition) is 1. The van der Waals surface area contributed by atoms with Gasteiger partial charge in [-0.2, -0.15) is 5.10 Å². The van der Waals surface area contributed by atoms with Gasteiger partial charge in [0.1, 0.15) is 22.3 Å².